The van der Waals surface area contributed by atoms with Crippen LogP contribution in [-0.2, 0) is 9.53 Å². The summed E-state index contributed by atoms with van der Waals surface area (Å²) in [5.74, 6) is -0.594. The molecule has 28 heavy (non-hydrogen) atoms. The number of amides is 2. The van der Waals surface area contributed by atoms with Gasteiger partial charge in [-0.05, 0) is 24.6 Å². The van der Waals surface area contributed by atoms with Gasteiger partial charge in [0.2, 0.25) is 5.91 Å². The first-order chi connectivity index (χ1) is 13.5. The smallest absolute Gasteiger partial charge is 0.414 e. The predicted molar refractivity (Wildman–Crippen MR) is 98.6 cm³/mol. The SMILES string of the molecule is CC(=O)NC[C@H]1CN(c2ccc(N3CCC(n4nccn4)C3)c(F)c2)C(=O)O1. The Morgan fingerprint density at radius 1 is 1.32 bits per heavy atom. The summed E-state index contributed by atoms with van der Waals surface area (Å²) in [6.07, 6.45) is 3.09. The van der Waals surface area contributed by atoms with Crippen molar-refractivity contribution in [2.75, 3.05) is 36.0 Å². The van der Waals surface area contributed by atoms with E-state index < -0.39 is 18.0 Å². The van der Waals surface area contributed by atoms with Crippen LogP contribution < -0.4 is 15.1 Å². The summed E-state index contributed by atoms with van der Waals surface area (Å²) in [5, 5.41) is 10.9. The molecule has 10 heteroatoms. The summed E-state index contributed by atoms with van der Waals surface area (Å²) in [5.41, 5.74) is 0.918. The number of carbonyl (C=O) groups is 2. The van der Waals surface area contributed by atoms with Crippen molar-refractivity contribution in [1.29, 1.82) is 0 Å². The van der Waals surface area contributed by atoms with Crippen molar-refractivity contribution in [1.82, 2.24) is 20.3 Å². The number of anilines is 2. The molecule has 1 aromatic heterocycles. The first-order valence-corrected chi connectivity index (χ1v) is 9.14. The zero-order chi connectivity index (χ0) is 19.7. The van der Waals surface area contributed by atoms with Crippen LogP contribution in [0.1, 0.15) is 19.4 Å². The van der Waals surface area contributed by atoms with Gasteiger partial charge < -0.3 is 15.0 Å². The van der Waals surface area contributed by atoms with Crippen molar-refractivity contribution in [3.63, 3.8) is 0 Å². The highest BCUT2D eigenvalue weighted by atomic mass is 19.1. The third kappa shape index (κ3) is 3.62. The van der Waals surface area contributed by atoms with E-state index in [0.29, 0.717) is 24.5 Å². The second-order valence-corrected chi connectivity index (χ2v) is 6.93. The number of halogens is 1. The second-order valence-electron chi connectivity index (χ2n) is 6.93. The average molecular weight is 388 g/mol. The van der Waals surface area contributed by atoms with Gasteiger partial charge in [0.25, 0.3) is 0 Å². The molecule has 148 valence electrons. The van der Waals surface area contributed by atoms with E-state index in [-0.39, 0.29) is 25.0 Å². The molecule has 2 fully saturated rings. The Balaban J connectivity index is 1.43. The fraction of sp³-hybridized carbons (Fsp3) is 0.444. The molecule has 2 amide bonds. The first-order valence-electron chi connectivity index (χ1n) is 9.14. The molecule has 1 aromatic carbocycles. The number of hydrogen-bond donors (Lipinski definition) is 1. The van der Waals surface area contributed by atoms with E-state index in [9.17, 15) is 14.0 Å². The molecule has 0 saturated carbocycles. The molecule has 0 bridgehead atoms. The summed E-state index contributed by atoms with van der Waals surface area (Å²) >= 11 is 0. The summed E-state index contributed by atoms with van der Waals surface area (Å²) in [6, 6.07) is 4.84. The molecule has 9 nitrogen and oxygen atoms in total. The zero-order valence-corrected chi connectivity index (χ0v) is 15.4. The minimum absolute atomic E-state index is 0.108. The lowest BCUT2D eigenvalue weighted by molar-refractivity contribution is -0.119. The van der Waals surface area contributed by atoms with Crippen molar-refractivity contribution in [2.24, 2.45) is 0 Å². The zero-order valence-electron chi connectivity index (χ0n) is 15.4. The molecule has 4 rings (SSSR count). The van der Waals surface area contributed by atoms with E-state index in [0.717, 1.165) is 6.42 Å². The molecular weight excluding hydrogens is 367 g/mol. The van der Waals surface area contributed by atoms with Crippen LogP contribution in [0.15, 0.2) is 30.6 Å². The van der Waals surface area contributed by atoms with E-state index in [1.54, 1.807) is 29.3 Å². The molecule has 2 atom stereocenters. The van der Waals surface area contributed by atoms with Gasteiger partial charge >= 0.3 is 6.09 Å². The van der Waals surface area contributed by atoms with Gasteiger partial charge in [0.05, 0.1) is 42.9 Å². The lowest BCUT2D eigenvalue weighted by Crippen LogP contribution is -2.33. The maximum Gasteiger partial charge on any atom is 0.414 e. The van der Waals surface area contributed by atoms with Crippen molar-refractivity contribution in [3.05, 3.63) is 36.4 Å². The Kier molecular flexibility index (Phi) is 4.84. The number of aromatic nitrogens is 3. The Bertz CT molecular complexity index is 874. The van der Waals surface area contributed by atoms with Gasteiger partial charge in [-0.1, -0.05) is 0 Å². The van der Waals surface area contributed by atoms with E-state index in [1.807, 2.05) is 4.90 Å². The second kappa shape index (κ2) is 7.45. The molecule has 3 heterocycles. The average Bonchev–Trinajstić information content (AvgIpc) is 3.40. The monoisotopic (exact) mass is 388 g/mol. The molecule has 2 saturated heterocycles. The number of benzene rings is 1. The van der Waals surface area contributed by atoms with E-state index in [2.05, 4.69) is 15.5 Å². The summed E-state index contributed by atoms with van der Waals surface area (Å²) in [7, 11) is 0. The summed E-state index contributed by atoms with van der Waals surface area (Å²) in [4.78, 5) is 28.1. The molecule has 1 N–H and O–H groups in total. The van der Waals surface area contributed by atoms with Crippen LogP contribution in [0.4, 0.5) is 20.6 Å². The van der Waals surface area contributed by atoms with Crippen LogP contribution >= 0.6 is 0 Å². The van der Waals surface area contributed by atoms with Gasteiger partial charge in [0.15, 0.2) is 0 Å². The van der Waals surface area contributed by atoms with Gasteiger partial charge in [-0.15, -0.1) is 0 Å². The largest absolute Gasteiger partial charge is 0.442 e. The molecule has 0 spiro atoms. The summed E-state index contributed by atoms with van der Waals surface area (Å²) in [6.45, 7) is 3.21. The Hall–Kier alpha value is -3.17. The third-order valence-corrected chi connectivity index (χ3v) is 4.96. The molecule has 2 aliphatic rings. The number of cyclic esters (lactones) is 1. The van der Waals surface area contributed by atoms with Crippen molar-refractivity contribution < 1.29 is 18.7 Å². The highest BCUT2D eigenvalue weighted by Gasteiger charge is 2.33. The standard InChI is InChI=1S/C18H21FN6O3/c1-12(26)20-9-15-11-24(18(27)28-15)13-2-3-17(16(19)8-13)23-7-4-14(10-23)25-21-5-6-22-25/h2-3,5-6,8,14-15H,4,7,9-11H2,1H3,(H,20,26)/t14?,15-/m0/s1. The fourth-order valence-corrected chi connectivity index (χ4v) is 3.58. The third-order valence-electron chi connectivity index (χ3n) is 4.96. The lowest BCUT2D eigenvalue weighted by atomic mass is 10.2. The number of nitrogens with one attached hydrogen (secondary N) is 1. The van der Waals surface area contributed by atoms with Gasteiger partial charge in [0, 0.05) is 20.0 Å². The van der Waals surface area contributed by atoms with E-state index in [1.165, 1.54) is 17.9 Å². The fourth-order valence-electron chi connectivity index (χ4n) is 3.58. The Morgan fingerprint density at radius 2 is 2.11 bits per heavy atom. The Morgan fingerprint density at radius 3 is 2.82 bits per heavy atom. The number of rotatable bonds is 5. The minimum Gasteiger partial charge on any atom is -0.442 e. The molecule has 1 unspecified atom stereocenters. The number of carbonyl (C=O) groups excluding carboxylic acids is 2. The van der Waals surface area contributed by atoms with Crippen LogP contribution in [0.5, 0.6) is 0 Å². The quantitative estimate of drug-likeness (QED) is 0.831. The van der Waals surface area contributed by atoms with Crippen LogP contribution in [-0.4, -0.2) is 59.3 Å². The molecule has 2 aromatic rings. The highest BCUT2D eigenvalue weighted by Crippen LogP contribution is 2.31. The lowest BCUT2D eigenvalue weighted by Gasteiger charge is -2.21. The van der Waals surface area contributed by atoms with Gasteiger partial charge in [0.1, 0.15) is 11.9 Å². The molecule has 0 radical (unpaired) electrons. The Labute approximate surface area is 161 Å². The molecule has 2 aliphatic heterocycles. The maximum absolute atomic E-state index is 14.8. The topological polar surface area (TPSA) is 92.6 Å². The molecule has 0 aliphatic carbocycles. The van der Waals surface area contributed by atoms with Crippen LogP contribution in [0, 0.1) is 5.82 Å². The number of ether oxygens (including phenoxy) is 1. The van der Waals surface area contributed by atoms with Gasteiger partial charge in [-0.2, -0.15) is 15.0 Å². The maximum atomic E-state index is 14.8. The van der Waals surface area contributed by atoms with Crippen molar-refractivity contribution in [2.45, 2.75) is 25.5 Å². The highest BCUT2D eigenvalue weighted by molar-refractivity contribution is 5.90. The first kappa shape index (κ1) is 18.2. The van der Waals surface area contributed by atoms with Gasteiger partial charge in [-0.3, -0.25) is 9.69 Å². The predicted octanol–water partition coefficient (Wildman–Crippen LogP) is 1.33. The molecular formula is C18H21FN6O3. The number of nitrogens with zero attached hydrogens (tertiary/aromatic N) is 5. The van der Waals surface area contributed by atoms with E-state index in [4.69, 9.17) is 4.74 Å². The van der Waals surface area contributed by atoms with Crippen molar-refractivity contribution in [3.8, 4) is 0 Å². The summed E-state index contributed by atoms with van der Waals surface area (Å²) < 4.78 is 20.0. The normalized spacial score (nSPS) is 21.9. The number of hydrogen-bond acceptors (Lipinski definition) is 6. The van der Waals surface area contributed by atoms with Crippen molar-refractivity contribution >= 4 is 23.4 Å². The van der Waals surface area contributed by atoms with Gasteiger partial charge in [-0.25, -0.2) is 9.18 Å². The van der Waals surface area contributed by atoms with Crippen LogP contribution in [0.3, 0.4) is 0 Å². The van der Waals surface area contributed by atoms with E-state index >= 15 is 0 Å². The minimum atomic E-state index is -0.548. The van der Waals surface area contributed by atoms with Crippen LogP contribution in [0.2, 0.25) is 0 Å². The van der Waals surface area contributed by atoms with Crippen LogP contribution in [0.25, 0.3) is 0 Å².